The van der Waals surface area contributed by atoms with Crippen LogP contribution in [0.4, 0.5) is 17.2 Å². The van der Waals surface area contributed by atoms with Crippen LogP contribution in [0.25, 0.3) is 22.1 Å². The second-order valence-corrected chi connectivity index (χ2v) is 7.43. The molecular formula is C22H22N4O. The molecule has 0 saturated heterocycles. The molecule has 1 aromatic carbocycles. The summed E-state index contributed by atoms with van der Waals surface area (Å²) in [6, 6.07) is 12.9. The molecule has 3 aromatic heterocycles. The maximum Gasteiger partial charge on any atom is 0.227 e. The van der Waals surface area contributed by atoms with Crippen LogP contribution in [-0.2, 0) is 0 Å². The number of nitrogens with zero attached hydrogens (tertiary/aromatic N) is 4. The number of pyridine rings is 2. The summed E-state index contributed by atoms with van der Waals surface area (Å²) in [5, 5.41) is 2.16. The summed E-state index contributed by atoms with van der Waals surface area (Å²) in [6.45, 7) is 7.21. The lowest BCUT2D eigenvalue weighted by atomic mass is 10.1. The smallest absolute Gasteiger partial charge is 0.227 e. The van der Waals surface area contributed by atoms with Crippen LogP contribution in [-0.4, -0.2) is 29.6 Å². The van der Waals surface area contributed by atoms with Crippen molar-refractivity contribution in [3.05, 3.63) is 53.9 Å². The molecule has 1 aliphatic rings. The van der Waals surface area contributed by atoms with Crippen LogP contribution in [0.3, 0.4) is 0 Å². The summed E-state index contributed by atoms with van der Waals surface area (Å²) < 4.78 is 6.28. The summed E-state index contributed by atoms with van der Waals surface area (Å²) in [4.78, 5) is 13.9. The lowest BCUT2D eigenvalue weighted by Crippen LogP contribution is -2.44. The Morgan fingerprint density at radius 3 is 2.74 bits per heavy atom. The molecule has 136 valence electrons. The van der Waals surface area contributed by atoms with Gasteiger partial charge in [-0.1, -0.05) is 12.1 Å². The Labute approximate surface area is 158 Å². The Hall–Kier alpha value is -3.08. The number of anilines is 3. The first-order chi connectivity index (χ1) is 13.0. The highest BCUT2D eigenvalue weighted by Gasteiger charge is 2.30. The zero-order valence-electron chi connectivity index (χ0n) is 16.0. The fraction of sp³-hybridized carbons (Fsp3) is 0.273. The van der Waals surface area contributed by atoms with E-state index < -0.39 is 0 Å². The van der Waals surface area contributed by atoms with Crippen molar-refractivity contribution < 1.29 is 4.42 Å². The van der Waals surface area contributed by atoms with Crippen molar-refractivity contribution in [1.82, 2.24) is 9.97 Å². The maximum absolute atomic E-state index is 6.28. The number of aryl methyl sites for hydroxylation is 2. The van der Waals surface area contributed by atoms with Gasteiger partial charge in [-0.05, 0) is 50.6 Å². The van der Waals surface area contributed by atoms with Gasteiger partial charge in [0.1, 0.15) is 0 Å². The molecule has 1 atom stereocenters. The van der Waals surface area contributed by atoms with Gasteiger partial charge >= 0.3 is 0 Å². The van der Waals surface area contributed by atoms with Gasteiger partial charge in [-0.15, -0.1) is 0 Å². The predicted molar refractivity (Wildman–Crippen MR) is 110 cm³/mol. The molecule has 4 heterocycles. The number of rotatable bonds is 1. The third-order valence-corrected chi connectivity index (χ3v) is 5.60. The summed E-state index contributed by atoms with van der Waals surface area (Å²) in [7, 11) is 2.13. The molecule has 0 aliphatic carbocycles. The molecule has 0 saturated carbocycles. The number of fused-ring (bicyclic) bond motifs is 4. The highest BCUT2D eigenvalue weighted by molar-refractivity contribution is 6.09. The molecule has 1 aliphatic heterocycles. The number of hydrogen-bond acceptors (Lipinski definition) is 5. The average Bonchev–Trinajstić information content (AvgIpc) is 3.02. The van der Waals surface area contributed by atoms with Crippen LogP contribution in [0.1, 0.15) is 18.2 Å². The fourth-order valence-electron chi connectivity index (χ4n) is 4.01. The molecule has 0 spiro atoms. The Kier molecular flexibility index (Phi) is 3.41. The second-order valence-electron chi connectivity index (χ2n) is 7.43. The van der Waals surface area contributed by atoms with Gasteiger partial charge in [0, 0.05) is 42.3 Å². The number of benzene rings is 1. The molecule has 5 rings (SSSR count). The Morgan fingerprint density at radius 1 is 1.07 bits per heavy atom. The van der Waals surface area contributed by atoms with Gasteiger partial charge in [-0.2, -0.15) is 0 Å². The first kappa shape index (κ1) is 16.1. The SMILES string of the molecule is Cc1ccc2c(n1)oc1c(N3C[C@H](C)N(C)c4cccnc43)c(C)ccc12. The van der Waals surface area contributed by atoms with E-state index in [0.717, 1.165) is 45.8 Å². The minimum Gasteiger partial charge on any atom is -0.435 e. The van der Waals surface area contributed by atoms with E-state index in [1.807, 2.05) is 25.3 Å². The molecule has 5 heteroatoms. The highest BCUT2D eigenvalue weighted by atomic mass is 16.3. The largest absolute Gasteiger partial charge is 0.435 e. The number of furan rings is 1. The molecule has 0 unspecified atom stereocenters. The molecule has 27 heavy (non-hydrogen) atoms. The topological polar surface area (TPSA) is 45.4 Å². The molecule has 5 nitrogen and oxygen atoms in total. The van der Waals surface area contributed by atoms with Crippen molar-refractivity contribution in [1.29, 1.82) is 0 Å². The van der Waals surface area contributed by atoms with Crippen molar-refractivity contribution in [3.8, 4) is 0 Å². The van der Waals surface area contributed by atoms with Crippen molar-refractivity contribution in [2.24, 2.45) is 0 Å². The van der Waals surface area contributed by atoms with Crippen LogP contribution in [0.5, 0.6) is 0 Å². The summed E-state index contributed by atoms with van der Waals surface area (Å²) in [5.74, 6) is 0.971. The summed E-state index contributed by atoms with van der Waals surface area (Å²) in [5.41, 5.74) is 5.93. The number of likely N-dealkylation sites (N-methyl/N-ethyl adjacent to an activating group) is 1. The quantitative estimate of drug-likeness (QED) is 0.481. The van der Waals surface area contributed by atoms with E-state index in [0.29, 0.717) is 11.8 Å². The molecule has 0 radical (unpaired) electrons. The van der Waals surface area contributed by atoms with E-state index in [1.165, 1.54) is 5.56 Å². The molecule has 0 amide bonds. The normalized spacial score (nSPS) is 17.0. The van der Waals surface area contributed by atoms with Crippen LogP contribution >= 0.6 is 0 Å². The highest BCUT2D eigenvalue weighted by Crippen LogP contribution is 2.43. The van der Waals surface area contributed by atoms with E-state index in [-0.39, 0.29) is 0 Å². The van der Waals surface area contributed by atoms with Gasteiger partial charge in [-0.25, -0.2) is 9.97 Å². The van der Waals surface area contributed by atoms with E-state index in [9.17, 15) is 0 Å². The van der Waals surface area contributed by atoms with Crippen molar-refractivity contribution in [3.63, 3.8) is 0 Å². The molecule has 0 bridgehead atoms. The van der Waals surface area contributed by atoms with Crippen molar-refractivity contribution in [2.45, 2.75) is 26.8 Å². The fourth-order valence-corrected chi connectivity index (χ4v) is 4.01. The minimum atomic E-state index is 0.362. The monoisotopic (exact) mass is 358 g/mol. The van der Waals surface area contributed by atoms with Gasteiger partial charge in [0.25, 0.3) is 0 Å². The molecule has 4 aromatic rings. The minimum absolute atomic E-state index is 0.362. The standard InChI is InChI=1S/C22H22N4O/c1-13-7-9-16-17-10-8-14(2)24-22(17)27-20(16)19(13)26-12-15(3)25(4)18-6-5-11-23-21(18)26/h5-11,15H,12H2,1-4H3/t15-/m0/s1. The van der Waals surface area contributed by atoms with Crippen molar-refractivity contribution >= 4 is 39.3 Å². The van der Waals surface area contributed by atoms with Crippen LogP contribution in [0.2, 0.25) is 0 Å². The molecule has 0 N–H and O–H groups in total. The first-order valence-electron chi connectivity index (χ1n) is 9.29. The Balaban J connectivity index is 1.81. The zero-order chi connectivity index (χ0) is 18.7. The zero-order valence-corrected chi connectivity index (χ0v) is 16.0. The van der Waals surface area contributed by atoms with Crippen molar-refractivity contribution in [2.75, 3.05) is 23.4 Å². The second kappa shape index (κ2) is 5.71. The van der Waals surface area contributed by atoms with Crippen LogP contribution in [0, 0.1) is 13.8 Å². The van der Waals surface area contributed by atoms with Gasteiger partial charge in [0.15, 0.2) is 11.4 Å². The average molecular weight is 358 g/mol. The summed E-state index contributed by atoms with van der Waals surface area (Å²) in [6.07, 6.45) is 1.86. The van der Waals surface area contributed by atoms with E-state index >= 15 is 0 Å². The lowest BCUT2D eigenvalue weighted by molar-refractivity contribution is 0.635. The maximum atomic E-state index is 6.28. The van der Waals surface area contributed by atoms with E-state index in [1.54, 1.807) is 0 Å². The third-order valence-electron chi connectivity index (χ3n) is 5.60. The van der Waals surface area contributed by atoms with Gasteiger partial charge in [-0.3, -0.25) is 0 Å². The summed E-state index contributed by atoms with van der Waals surface area (Å²) >= 11 is 0. The number of hydrogen-bond donors (Lipinski definition) is 0. The molecular weight excluding hydrogens is 336 g/mol. The van der Waals surface area contributed by atoms with Crippen LogP contribution in [0.15, 0.2) is 47.0 Å². The molecule has 0 fully saturated rings. The third kappa shape index (κ3) is 2.31. The van der Waals surface area contributed by atoms with E-state index in [2.05, 4.69) is 59.9 Å². The van der Waals surface area contributed by atoms with Gasteiger partial charge in [0.2, 0.25) is 5.71 Å². The van der Waals surface area contributed by atoms with E-state index in [4.69, 9.17) is 9.40 Å². The van der Waals surface area contributed by atoms with Gasteiger partial charge in [0.05, 0.1) is 11.4 Å². The Morgan fingerprint density at radius 2 is 1.89 bits per heavy atom. The first-order valence-corrected chi connectivity index (χ1v) is 9.29. The number of aromatic nitrogens is 2. The predicted octanol–water partition coefficient (Wildman–Crippen LogP) is 4.97. The Bertz CT molecular complexity index is 1180. The van der Waals surface area contributed by atoms with Gasteiger partial charge < -0.3 is 14.2 Å². The lowest BCUT2D eigenvalue weighted by Gasteiger charge is -2.40. The van der Waals surface area contributed by atoms with Crippen LogP contribution < -0.4 is 9.80 Å².